The topological polar surface area (TPSA) is 84.2 Å². The van der Waals surface area contributed by atoms with E-state index in [1.54, 1.807) is 24.3 Å². The molecular weight excluding hydrogens is 254 g/mol. The summed E-state index contributed by atoms with van der Waals surface area (Å²) in [6.07, 6.45) is 0.653. The number of carbonyl (C=O) groups is 2. The van der Waals surface area contributed by atoms with Crippen molar-refractivity contribution in [3.8, 4) is 0 Å². The zero-order chi connectivity index (χ0) is 15.1. The van der Waals surface area contributed by atoms with Crippen molar-refractivity contribution in [2.24, 2.45) is 11.7 Å². The number of hydrogen-bond acceptors (Lipinski definition) is 3. The van der Waals surface area contributed by atoms with Crippen LogP contribution in [0.25, 0.3) is 0 Å². The number of hydrogen-bond donors (Lipinski definition) is 3. The van der Waals surface area contributed by atoms with Gasteiger partial charge in [0.05, 0.1) is 0 Å². The van der Waals surface area contributed by atoms with E-state index in [1.807, 2.05) is 20.8 Å². The lowest BCUT2D eigenvalue weighted by Crippen LogP contribution is -2.30. The summed E-state index contributed by atoms with van der Waals surface area (Å²) < 4.78 is 0. The fourth-order valence-corrected chi connectivity index (χ4v) is 1.70. The molecule has 0 spiro atoms. The van der Waals surface area contributed by atoms with Crippen LogP contribution in [-0.4, -0.2) is 24.4 Å². The van der Waals surface area contributed by atoms with Crippen molar-refractivity contribution < 1.29 is 9.59 Å². The molecule has 5 heteroatoms. The Bertz CT molecular complexity index is 455. The quantitative estimate of drug-likeness (QED) is 0.740. The minimum atomic E-state index is -0.121. The van der Waals surface area contributed by atoms with E-state index < -0.39 is 0 Å². The van der Waals surface area contributed by atoms with E-state index in [-0.39, 0.29) is 23.8 Å². The highest BCUT2D eigenvalue weighted by Crippen LogP contribution is 2.12. The van der Waals surface area contributed by atoms with Gasteiger partial charge in [-0.1, -0.05) is 6.92 Å². The Hall–Kier alpha value is -1.88. The Morgan fingerprint density at radius 2 is 1.75 bits per heavy atom. The Morgan fingerprint density at radius 1 is 1.15 bits per heavy atom. The van der Waals surface area contributed by atoms with Crippen LogP contribution in [0.15, 0.2) is 24.3 Å². The largest absolute Gasteiger partial charge is 0.350 e. The third-order valence-corrected chi connectivity index (χ3v) is 2.88. The van der Waals surface area contributed by atoms with Crippen LogP contribution in [0.5, 0.6) is 0 Å². The first-order chi connectivity index (χ1) is 9.43. The van der Waals surface area contributed by atoms with E-state index in [1.165, 1.54) is 0 Å². The molecular formula is C15H23N3O2. The van der Waals surface area contributed by atoms with Crippen LogP contribution >= 0.6 is 0 Å². The highest BCUT2D eigenvalue weighted by Gasteiger charge is 2.12. The number of amides is 2. The maximum atomic E-state index is 11.8. The Balaban J connectivity index is 2.63. The molecule has 0 saturated carbocycles. The predicted molar refractivity (Wildman–Crippen MR) is 80.5 cm³/mol. The highest BCUT2D eigenvalue weighted by molar-refractivity contribution is 5.96. The van der Waals surface area contributed by atoms with E-state index in [0.717, 1.165) is 0 Å². The average molecular weight is 277 g/mol. The predicted octanol–water partition coefficient (Wildman–Crippen LogP) is 1.75. The van der Waals surface area contributed by atoms with Gasteiger partial charge in [0.1, 0.15) is 0 Å². The summed E-state index contributed by atoms with van der Waals surface area (Å²) in [5.74, 6) is -0.298. The van der Waals surface area contributed by atoms with Crippen molar-refractivity contribution in [3.63, 3.8) is 0 Å². The number of anilines is 1. The summed E-state index contributed by atoms with van der Waals surface area (Å²) in [4.78, 5) is 23.6. The van der Waals surface area contributed by atoms with Gasteiger partial charge in [-0.15, -0.1) is 0 Å². The molecule has 0 radical (unpaired) electrons. The number of rotatable bonds is 6. The molecule has 0 aromatic heterocycles. The van der Waals surface area contributed by atoms with Crippen molar-refractivity contribution in [2.45, 2.75) is 33.2 Å². The minimum Gasteiger partial charge on any atom is -0.350 e. The molecule has 0 fully saturated rings. The fraction of sp³-hybridized carbons (Fsp3) is 0.467. The fourth-order valence-electron chi connectivity index (χ4n) is 1.70. The van der Waals surface area contributed by atoms with Gasteiger partial charge >= 0.3 is 0 Å². The van der Waals surface area contributed by atoms with Crippen molar-refractivity contribution in [3.05, 3.63) is 29.8 Å². The minimum absolute atomic E-state index is 0.0603. The van der Waals surface area contributed by atoms with Gasteiger partial charge in [-0.2, -0.15) is 0 Å². The lowest BCUT2D eigenvalue weighted by molar-refractivity contribution is -0.119. The smallest absolute Gasteiger partial charge is 0.251 e. The van der Waals surface area contributed by atoms with Gasteiger partial charge in [0, 0.05) is 23.2 Å². The first kappa shape index (κ1) is 16.2. The second-order valence-corrected chi connectivity index (χ2v) is 5.17. The maximum absolute atomic E-state index is 11.8. The molecule has 2 amide bonds. The third kappa shape index (κ3) is 5.01. The summed E-state index contributed by atoms with van der Waals surface area (Å²) in [5, 5.41) is 5.62. The lowest BCUT2D eigenvalue weighted by Gasteiger charge is -2.12. The van der Waals surface area contributed by atoms with Crippen LogP contribution in [-0.2, 0) is 4.79 Å². The summed E-state index contributed by atoms with van der Waals surface area (Å²) >= 11 is 0. The molecule has 4 N–H and O–H groups in total. The Kier molecular flexibility index (Phi) is 6.18. The molecule has 110 valence electrons. The Labute approximate surface area is 119 Å². The zero-order valence-electron chi connectivity index (χ0n) is 12.3. The van der Waals surface area contributed by atoms with Crippen LogP contribution in [0.2, 0.25) is 0 Å². The van der Waals surface area contributed by atoms with E-state index in [9.17, 15) is 9.59 Å². The molecule has 0 aliphatic rings. The van der Waals surface area contributed by atoms with E-state index in [2.05, 4.69) is 10.6 Å². The summed E-state index contributed by atoms with van der Waals surface area (Å²) in [7, 11) is 0. The number of benzene rings is 1. The second kappa shape index (κ2) is 7.65. The van der Waals surface area contributed by atoms with Crippen molar-refractivity contribution in [2.75, 3.05) is 11.9 Å². The average Bonchev–Trinajstić information content (AvgIpc) is 2.39. The van der Waals surface area contributed by atoms with E-state index in [4.69, 9.17) is 5.73 Å². The Morgan fingerprint density at radius 3 is 2.25 bits per heavy atom. The van der Waals surface area contributed by atoms with Crippen molar-refractivity contribution in [1.82, 2.24) is 5.32 Å². The number of carbonyl (C=O) groups excluding carboxylic acids is 2. The van der Waals surface area contributed by atoms with Gasteiger partial charge in [-0.3, -0.25) is 9.59 Å². The monoisotopic (exact) mass is 277 g/mol. The van der Waals surface area contributed by atoms with Gasteiger partial charge in [0.15, 0.2) is 0 Å². The standard InChI is InChI=1S/C15H23N3O2/c1-10(2)17-15(20)12-4-6-13(7-5-12)18-14(19)11(3)8-9-16/h4-7,10-11H,8-9,16H2,1-3H3,(H,17,20)(H,18,19). The van der Waals surface area contributed by atoms with Gasteiger partial charge in [-0.25, -0.2) is 0 Å². The number of nitrogens with one attached hydrogen (secondary N) is 2. The summed E-state index contributed by atoms with van der Waals surface area (Å²) in [6.45, 7) is 6.15. The summed E-state index contributed by atoms with van der Waals surface area (Å²) in [5.41, 5.74) is 6.69. The lowest BCUT2D eigenvalue weighted by atomic mass is 10.1. The summed E-state index contributed by atoms with van der Waals surface area (Å²) in [6, 6.07) is 6.94. The first-order valence-electron chi connectivity index (χ1n) is 6.86. The van der Waals surface area contributed by atoms with Gasteiger partial charge in [0.25, 0.3) is 5.91 Å². The van der Waals surface area contributed by atoms with E-state index in [0.29, 0.717) is 24.2 Å². The van der Waals surface area contributed by atoms with Crippen molar-refractivity contribution in [1.29, 1.82) is 0 Å². The molecule has 0 aliphatic carbocycles. The molecule has 20 heavy (non-hydrogen) atoms. The second-order valence-electron chi connectivity index (χ2n) is 5.17. The van der Waals surface area contributed by atoms with Crippen LogP contribution in [0.1, 0.15) is 37.6 Å². The van der Waals surface area contributed by atoms with Gasteiger partial charge < -0.3 is 16.4 Å². The van der Waals surface area contributed by atoms with Crippen LogP contribution in [0.4, 0.5) is 5.69 Å². The zero-order valence-corrected chi connectivity index (χ0v) is 12.3. The van der Waals surface area contributed by atoms with Gasteiger partial charge in [-0.05, 0) is 51.1 Å². The van der Waals surface area contributed by atoms with Crippen LogP contribution in [0, 0.1) is 5.92 Å². The SMILES string of the molecule is CC(C)NC(=O)c1ccc(NC(=O)C(C)CCN)cc1. The molecule has 0 aliphatic heterocycles. The molecule has 1 aromatic carbocycles. The molecule has 5 nitrogen and oxygen atoms in total. The van der Waals surface area contributed by atoms with Crippen LogP contribution < -0.4 is 16.4 Å². The first-order valence-corrected chi connectivity index (χ1v) is 6.86. The molecule has 1 unspecified atom stereocenters. The maximum Gasteiger partial charge on any atom is 0.251 e. The van der Waals surface area contributed by atoms with Crippen molar-refractivity contribution >= 4 is 17.5 Å². The third-order valence-electron chi connectivity index (χ3n) is 2.88. The molecule has 1 rings (SSSR count). The highest BCUT2D eigenvalue weighted by atomic mass is 16.2. The molecule has 0 saturated heterocycles. The molecule has 1 aromatic rings. The molecule has 0 heterocycles. The van der Waals surface area contributed by atoms with Gasteiger partial charge in [0.2, 0.25) is 5.91 Å². The molecule has 0 bridgehead atoms. The number of nitrogens with two attached hydrogens (primary N) is 1. The normalized spacial score (nSPS) is 12.1. The van der Waals surface area contributed by atoms with Crippen LogP contribution in [0.3, 0.4) is 0 Å². The molecule has 1 atom stereocenters. The van der Waals surface area contributed by atoms with E-state index >= 15 is 0 Å².